The van der Waals surface area contributed by atoms with Crippen LogP contribution < -0.4 is 10.6 Å². The SMILES string of the molecule is O=C(NCS(=O)(=O)O)Nc1ccccc1-c1nc2ccccc2s1. The highest BCUT2D eigenvalue weighted by Crippen LogP contribution is 2.34. The van der Waals surface area contributed by atoms with Gasteiger partial charge in [0.05, 0.1) is 15.9 Å². The average Bonchev–Trinajstić information content (AvgIpc) is 2.96. The van der Waals surface area contributed by atoms with E-state index in [9.17, 15) is 13.2 Å². The molecule has 3 N–H and O–H groups in total. The van der Waals surface area contributed by atoms with Crippen LogP contribution >= 0.6 is 11.3 Å². The Labute approximate surface area is 142 Å². The van der Waals surface area contributed by atoms with Crippen molar-refractivity contribution < 1.29 is 17.8 Å². The molecule has 1 heterocycles. The first kappa shape index (κ1) is 16.4. The van der Waals surface area contributed by atoms with Crippen molar-refractivity contribution in [2.24, 2.45) is 0 Å². The van der Waals surface area contributed by atoms with Crippen molar-refractivity contribution in [1.29, 1.82) is 0 Å². The highest BCUT2D eigenvalue weighted by atomic mass is 32.2. The zero-order valence-corrected chi connectivity index (χ0v) is 13.9. The van der Waals surface area contributed by atoms with Crippen LogP contribution in [0.3, 0.4) is 0 Å². The highest BCUT2D eigenvalue weighted by Gasteiger charge is 2.13. The lowest BCUT2D eigenvalue weighted by Crippen LogP contribution is -2.33. The Kier molecular flexibility index (Phi) is 4.47. The van der Waals surface area contributed by atoms with Gasteiger partial charge in [0, 0.05) is 5.56 Å². The van der Waals surface area contributed by atoms with E-state index < -0.39 is 22.0 Å². The van der Waals surface area contributed by atoms with E-state index in [0.717, 1.165) is 20.8 Å². The van der Waals surface area contributed by atoms with Crippen LogP contribution in [0.15, 0.2) is 48.5 Å². The molecule has 0 aliphatic carbocycles. The third kappa shape index (κ3) is 3.88. The minimum Gasteiger partial charge on any atom is -0.321 e. The molecule has 9 heteroatoms. The number of amides is 2. The summed E-state index contributed by atoms with van der Waals surface area (Å²) in [6.07, 6.45) is 0. The van der Waals surface area contributed by atoms with Crippen molar-refractivity contribution in [2.75, 3.05) is 11.2 Å². The van der Waals surface area contributed by atoms with Gasteiger partial charge < -0.3 is 10.6 Å². The second kappa shape index (κ2) is 6.56. The number of thiazole rings is 1. The van der Waals surface area contributed by atoms with E-state index in [4.69, 9.17) is 4.55 Å². The van der Waals surface area contributed by atoms with Gasteiger partial charge >= 0.3 is 6.03 Å². The molecular formula is C15H13N3O4S2. The molecule has 0 fully saturated rings. The third-order valence-electron chi connectivity index (χ3n) is 3.11. The Morgan fingerprint density at radius 2 is 1.83 bits per heavy atom. The molecule has 0 spiro atoms. The van der Waals surface area contributed by atoms with Crippen LogP contribution in [0, 0.1) is 0 Å². The fraction of sp³-hybridized carbons (Fsp3) is 0.0667. The van der Waals surface area contributed by atoms with Gasteiger partial charge in [-0.15, -0.1) is 11.3 Å². The third-order valence-corrected chi connectivity index (χ3v) is 4.69. The number of anilines is 1. The molecule has 7 nitrogen and oxygen atoms in total. The van der Waals surface area contributed by atoms with Crippen LogP contribution in [0.25, 0.3) is 20.8 Å². The summed E-state index contributed by atoms with van der Waals surface area (Å²) >= 11 is 1.49. The number of aromatic nitrogens is 1. The van der Waals surface area contributed by atoms with Crippen molar-refractivity contribution in [2.45, 2.75) is 0 Å². The molecule has 0 saturated carbocycles. The Hall–Kier alpha value is -2.49. The minimum absolute atomic E-state index is 0.490. The lowest BCUT2D eigenvalue weighted by molar-refractivity contribution is 0.253. The maximum absolute atomic E-state index is 11.8. The van der Waals surface area contributed by atoms with Crippen LogP contribution in [-0.2, 0) is 10.1 Å². The molecule has 0 radical (unpaired) electrons. The van der Waals surface area contributed by atoms with E-state index in [1.165, 1.54) is 11.3 Å². The number of carbonyl (C=O) groups is 1. The van der Waals surface area contributed by atoms with Gasteiger partial charge in [-0.25, -0.2) is 9.78 Å². The number of nitrogens with one attached hydrogen (secondary N) is 2. The van der Waals surface area contributed by atoms with Gasteiger partial charge in [0.1, 0.15) is 10.9 Å². The van der Waals surface area contributed by atoms with Crippen LogP contribution in [0.4, 0.5) is 10.5 Å². The average molecular weight is 363 g/mol. The Balaban J connectivity index is 1.86. The minimum atomic E-state index is -4.27. The van der Waals surface area contributed by atoms with Crippen molar-refractivity contribution >= 4 is 43.4 Å². The second-order valence-corrected chi connectivity index (χ2v) is 7.37. The lowest BCUT2D eigenvalue weighted by atomic mass is 10.2. The number of carbonyl (C=O) groups excluding carboxylic acids is 1. The summed E-state index contributed by atoms with van der Waals surface area (Å²) < 4.78 is 31.1. The first-order valence-electron chi connectivity index (χ1n) is 6.87. The molecule has 2 aromatic carbocycles. The van der Waals surface area contributed by atoms with E-state index in [0.29, 0.717) is 5.69 Å². The van der Waals surface area contributed by atoms with Crippen LogP contribution in [0.2, 0.25) is 0 Å². The summed E-state index contributed by atoms with van der Waals surface area (Å²) in [7, 11) is -4.27. The molecule has 0 atom stereocenters. The van der Waals surface area contributed by atoms with E-state index in [1.54, 1.807) is 12.1 Å². The molecule has 1 aromatic heterocycles. The standard InChI is InChI=1S/C15H13N3O4S2/c19-15(16-9-24(20,21)22)18-11-6-2-1-5-10(11)14-17-12-7-3-4-8-13(12)23-14/h1-8H,9H2,(H2,16,18,19)(H,20,21,22). The number of hydrogen-bond donors (Lipinski definition) is 3. The summed E-state index contributed by atoms with van der Waals surface area (Å²) in [5, 5.41) is 5.38. The molecule has 2 amide bonds. The fourth-order valence-electron chi connectivity index (χ4n) is 2.09. The van der Waals surface area contributed by atoms with Crippen LogP contribution in [0.5, 0.6) is 0 Å². The first-order valence-corrected chi connectivity index (χ1v) is 9.30. The van der Waals surface area contributed by atoms with Gasteiger partial charge in [0.2, 0.25) is 0 Å². The quantitative estimate of drug-likeness (QED) is 0.618. The first-order chi connectivity index (χ1) is 11.4. The predicted octanol–water partition coefficient (Wildman–Crippen LogP) is 2.93. The lowest BCUT2D eigenvalue weighted by Gasteiger charge is -2.09. The molecule has 3 aromatic rings. The number of fused-ring (bicyclic) bond motifs is 1. The highest BCUT2D eigenvalue weighted by molar-refractivity contribution is 7.85. The molecule has 0 saturated heterocycles. The molecule has 0 aliphatic rings. The number of urea groups is 1. The summed E-state index contributed by atoms with van der Waals surface area (Å²) in [5.74, 6) is -0.859. The van der Waals surface area contributed by atoms with Crippen LogP contribution in [0.1, 0.15) is 0 Å². The van der Waals surface area contributed by atoms with Gasteiger partial charge in [-0.05, 0) is 24.3 Å². The van der Waals surface area contributed by atoms with Gasteiger partial charge in [0.25, 0.3) is 10.1 Å². The number of hydrogen-bond acceptors (Lipinski definition) is 5. The van der Waals surface area contributed by atoms with E-state index >= 15 is 0 Å². The van der Waals surface area contributed by atoms with E-state index in [-0.39, 0.29) is 0 Å². The summed E-state index contributed by atoms with van der Waals surface area (Å²) in [4.78, 5) is 16.3. The Morgan fingerprint density at radius 1 is 1.12 bits per heavy atom. The van der Waals surface area contributed by atoms with Gasteiger partial charge in [0.15, 0.2) is 0 Å². The molecule has 0 aliphatic heterocycles. The molecule has 124 valence electrons. The van der Waals surface area contributed by atoms with Crippen molar-refractivity contribution in [3.63, 3.8) is 0 Å². The van der Waals surface area contributed by atoms with Crippen molar-refractivity contribution in [3.8, 4) is 10.6 Å². The van der Waals surface area contributed by atoms with Crippen molar-refractivity contribution in [3.05, 3.63) is 48.5 Å². The largest absolute Gasteiger partial charge is 0.321 e. The smallest absolute Gasteiger partial charge is 0.320 e. The number of para-hydroxylation sites is 2. The van der Waals surface area contributed by atoms with Gasteiger partial charge in [-0.2, -0.15) is 8.42 Å². The second-order valence-electron chi connectivity index (χ2n) is 4.89. The normalized spacial score (nSPS) is 11.4. The molecule has 24 heavy (non-hydrogen) atoms. The summed E-state index contributed by atoms with van der Waals surface area (Å²) in [6.45, 7) is 0. The van der Waals surface area contributed by atoms with E-state index in [2.05, 4.69) is 15.6 Å². The zero-order chi connectivity index (χ0) is 17.2. The monoisotopic (exact) mass is 363 g/mol. The summed E-state index contributed by atoms with van der Waals surface area (Å²) in [5.41, 5.74) is 2.08. The van der Waals surface area contributed by atoms with Gasteiger partial charge in [-0.1, -0.05) is 24.3 Å². The molecule has 0 bridgehead atoms. The van der Waals surface area contributed by atoms with Gasteiger partial charge in [-0.3, -0.25) is 4.55 Å². The van der Waals surface area contributed by atoms with E-state index in [1.807, 2.05) is 36.4 Å². The maximum Gasteiger partial charge on any atom is 0.320 e. The number of nitrogens with zero attached hydrogens (tertiary/aromatic N) is 1. The molecule has 0 unspecified atom stereocenters. The van der Waals surface area contributed by atoms with Crippen LogP contribution in [-0.4, -0.2) is 29.9 Å². The fourth-order valence-corrected chi connectivity index (χ4v) is 3.41. The number of benzene rings is 2. The molecule has 3 rings (SSSR count). The topological polar surface area (TPSA) is 108 Å². The zero-order valence-electron chi connectivity index (χ0n) is 12.3. The molecular weight excluding hydrogens is 350 g/mol. The maximum atomic E-state index is 11.8. The number of rotatable bonds is 4. The Morgan fingerprint density at radius 3 is 2.58 bits per heavy atom. The predicted molar refractivity (Wildman–Crippen MR) is 93.6 cm³/mol. The Bertz CT molecular complexity index is 966. The summed E-state index contributed by atoms with van der Waals surface area (Å²) in [6, 6.07) is 14.0. The van der Waals surface area contributed by atoms with Crippen molar-refractivity contribution in [1.82, 2.24) is 10.3 Å².